The molecule has 0 aromatic heterocycles. The Bertz CT molecular complexity index is 253. The van der Waals surface area contributed by atoms with E-state index in [1.54, 1.807) is 0 Å². The molecule has 1 unspecified atom stereocenters. The molecule has 1 aliphatic rings. The quantitative estimate of drug-likeness (QED) is 0.477. The molecule has 0 saturated carbocycles. The second kappa shape index (κ2) is 7.99. The molecule has 1 saturated heterocycles. The molecule has 0 aromatic rings. The molecule has 0 bridgehead atoms. The average Bonchev–Trinajstić information content (AvgIpc) is 2.29. The zero-order valence-corrected chi connectivity index (χ0v) is 9.61. The highest BCUT2D eigenvalue weighted by molar-refractivity contribution is 5.76. The van der Waals surface area contributed by atoms with E-state index in [2.05, 4.69) is 10.6 Å². The van der Waals surface area contributed by atoms with Gasteiger partial charge in [0.2, 0.25) is 5.91 Å². The van der Waals surface area contributed by atoms with E-state index in [4.69, 9.17) is 14.6 Å². The van der Waals surface area contributed by atoms with Crippen LogP contribution in [0.5, 0.6) is 0 Å². The molecule has 7 nitrogen and oxygen atoms in total. The summed E-state index contributed by atoms with van der Waals surface area (Å²) in [7, 11) is 0. The molecule has 98 valence electrons. The summed E-state index contributed by atoms with van der Waals surface area (Å²) in [5.74, 6) is -1.13. The van der Waals surface area contributed by atoms with E-state index in [0.29, 0.717) is 26.1 Å². The minimum atomic E-state index is -1.02. The van der Waals surface area contributed by atoms with Crippen molar-refractivity contribution in [3.8, 4) is 0 Å². The topological polar surface area (TPSA) is 96.9 Å². The number of nitrogens with one attached hydrogen (secondary N) is 2. The highest BCUT2D eigenvalue weighted by atomic mass is 16.5. The van der Waals surface area contributed by atoms with E-state index < -0.39 is 5.97 Å². The summed E-state index contributed by atoms with van der Waals surface area (Å²) in [5, 5.41) is 14.1. The summed E-state index contributed by atoms with van der Waals surface area (Å²) in [6, 6.07) is 0. The number of ether oxygens (including phenoxy) is 2. The van der Waals surface area contributed by atoms with Gasteiger partial charge in [-0.3, -0.25) is 4.79 Å². The summed E-state index contributed by atoms with van der Waals surface area (Å²) in [4.78, 5) is 21.5. The summed E-state index contributed by atoms with van der Waals surface area (Å²) in [6.07, 6.45) is 0.232. The maximum Gasteiger partial charge on any atom is 0.329 e. The molecule has 0 aliphatic carbocycles. The van der Waals surface area contributed by atoms with Gasteiger partial charge < -0.3 is 25.2 Å². The second-order valence-electron chi connectivity index (χ2n) is 3.70. The Morgan fingerprint density at radius 1 is 1.53 bits per heavy atom. The van der Waals surface area contributed by atoms with Gasteiger partial charge in [-0.1, -0.05) is 0 Å². The molecule has 1 heterocycles. The summed E-state index contributed by atoms with van der Waals surface area (Å²) in [6.45, 7) is 2.29. The molecule has 17 heavy (non-hydrogen) atoms. The molecule has 0 spiro atoms. The number of carboxylic acid groups (broad SMARTS) is 1. The molecule has 0 radical (unpaired) electrons. The zero-order valence-electron chi connectivity index (χ0n) is 9.61. The van der Waals surface area contributed by atoms with Gasteiger partial charge in [0.25, 0.3) is 0 Å². The van der Waals surface area contributed by atoms with Gasteiger partial charge in [0.05, 0.1) is 25.7 Å². The average molecular weight is 246 g/mol. The van der Waals surface area contributed by atoms with Gasteiger partial charge in [0.15, 0.2) is 0 Å². The molecule has 1 fully saturated rings. The van der Waals surface area contributed by atoms with Crippen LogP contribution in [0.3, 0.4) is 0 Å². The SMILES string of the molecule is O=C(O)COCCNC(=O)CC1CNCCO1. The van der Waals surface area contributed by atoms with Gasteiger partial charge in [-0.15, -0.1) is 0 Å². The Balaban J connectivity index is 1.98. The second-order valence-corrected chi connectivity index (χ2v) is 3.70. The highest BCUT2D eigenvalue weighted by Crippen LogP contribution is 2.00. The molecular weight excluding hydrogens is 228 g/mol. The first-order valence-electron chi connectivity index (χ1n) is 5.57. The maximum atomic E-state index is 11.4. The van der Waals surface area contributed by atoms with Gasteiger partial charge >= 0.3 is 5.97 Å². The van der Waals surface area contributed by atoms with E-state index >= 15 is 0 Å². The van der Waals surface area contributed by atoms with Gasteiger partial charge in [-0.2, -0.15) is 0 Å². The fourth-order valence-corrected chi connectivity index (χ4v) is 1.45. The molecule has 7 heteroatoms. The predicted octanol–water partition coefficient (Wildman–Crippen LogP) is -1.42. The van der Waals surface area contributed by atoms with Crippen molar-refractivity contribution in [2.45, 2.75) is 12.5 Å². The van der Waals surface area contributed by atoms with E-state index in [1.807, 2.05) is 0 Å². The number of hydrogen-bond acceptors (Lipinski definition) is 5. The minimum absolute atomic E-state index is 0.0799. The minimum Gasteiger partial charge on any atom is -0.480 e. The van der Waals surface area contributed by atoms with E-state index in [1.165, 1.54) is 0 Å². The Morgan fingerprint density at radius 3 is 3.00 bits per heavy atom. The predicted molar refractivity (Wildman–Crippen MR) is 58.7 cm³/mol. The lowest BCUT2D eigenvalue weighted by Crippen LogP contribution is -2.41. The number of carbonyl (C=O) groups is 2. The number of carboxylic acids is 1. The van der Waals surface area contributed by atoms with Crippen molar-refractivity contribution < 1.29 is 24.2 Å². The van der Waals surface area contributed by atoms with E-state index in [9.17, 15) is 9.59 Å². The van der Waals surface area contributed by atoms with E-state index in [-0.39, 0.29) is 25.2 Å². The Kier molecular flexibility index (Phi) is 6.53. The molecule has 3 N–H and O–H groups in total. The van der Waals surface area contributed by atoms with Crippen LogP contribution < -0.4 is 10.6 Å². The molecule has 0 aromatic carbocycles. The van der Waals surface area contributed by atoms with Crippen molar-refractivity contribution in [2.24, 2.45) is 0 Å². The van der Waals surface area contributed by atoms with Crippen LogP contribution in [0.4, 0.5) is 0 Å². The van der Waals surface area contributed by atoms with Crippen LogP contribution >= 0.6 is 0 Å². The molecule has 1 amide bonds. The van der Waals surface area contributed by atoms with Crippen LogP contribution in [0.15, 0.2) is 0 Å². The van der Waals surface area contributed by atoms with Crippen LogP contribution in [-0.2, 0) is 19.1 Å². The summed E-state index contributed by atoms with van der Waals surface area (Å²) < 4.78 is 10.2. The van der Waals surface area contributed by atoms with Crippen LogP contribution in [0.1, 0.15) is 6.42 Å². The van der Waals surface area contributed by atoms with Crippen molar-refractivity contribution >= 4 is 11.9 Å². The molecule has 1 rings (SSSR count). The molecule has 1 atom stereocenters. The molecular formula is C10H18N2O5. The fraction of sp³-hybridized carbons (Fsp3) is 0.800. The Morgan fingerprint density at radius 2 is 2.35 bits per heavy atom. The normalized spacial score (nSPS) is 19.9. The van der Waals surface area contributed by atoms with Crippen molar-refractivity contribution in [3.63, 3.8) is 0 Å². The number of carbonyl (C=O) groups excluding carboxylic acids is 1. The van der Waals surface area contributed by atoms with Crippen molar-refractivity contribution in [3.05, 3.63) is 0 Å². The Hall–Kier alpha value is -1.18. The Labute approximate surface area is 99.5 Å². The fourth-order valence-electron chi connectivity index (χ4n) is 1.45. The maximum absolute atomic E-state index is 11.4. The standard InChI is InChI=1S/C10H18N2O5/c13-9(5-8-6-11-1-4-17-8)12-2-3-16-7-10(14)15/h8,11H,1-7H2,(H,12,13)(H,14,15). The van der Waals surface area contributed by atoms with Gasteiger partial charge in [0, 0.05) is 19.6 Å². The largest absolute Gasteiger partial charge is 0.480 e. The van der Waals surface area contributed by atoms with Crippen molar-refractivity contribution in [2.75, 3.05) is 39.5 Å². The monoisotopic (exact) mass is 246 g/mol. The number of morpholine rings is 1. The van der Waals surface area contributed by atoms with Gasteiger partial charge in [-0.05, 0) is 0 Å². The van der Waals surface area contributed by atoms with Gasteiger partial charge in [0.1, 0.15) is 6.61 Å². The lowest BCUT2D eigenvalue weighted by molar-refractivity contribution is -0.142. The lowest BCUT2D eigenvalue weighted by atomic mass is 10.2. The third-order valence-corrected chi connectivity index (χ3v) is 2.21. The highest BCUT2D eigenvalue weighted by Gasteiger charge is 2.16. The first-order valence-corrected chi connectivity index (χ1v) is 5.57. The zero-order chi connectivity index (χ0) is 12.5. The van der Waals surface area contributed by atoms with Crippen molar-refractivity contribution in [1.29, 1.82) is 0 Å². The third kappa shape index (κ3) is 6.88. The third-order valence-electron chi connectivity index (χ3n) is 2.21. The number of hydrogen-bond donors (Lipinski definition) is 3. The lowest BCUT2D eigenvalue weighted by Gasteiger charge is -2.22. The van der Waals surface area contributed by atoms with E-state index in [0.717, 1.165) is 6.54 Å². The summed E-state index contributed by atoms with van der Waals surface area (Å²) in [5.41, 5.74) is 0. The smallest absolute Gasteiger partial charge is 0.329 e. The van der Waals surface area contributed by atoms with Crippen LogP contribution in [0.25, 0.3) is 0 Å². The number of aliphatic carboxylic acids is 1. The number of rotatable bonds is 7. The first-order chi connectivity index (χ1) is 8.18. The van der Waals surface area contributed by atoms with Gasteiger partial charge in [-0.25, -0.2) is 4.79 Å². The first kappa shape index (κ1) is 13.9. The van der Waals surface area contributed by atoms with Crippen molar-refractivity contribution in [1.82, 2.24) is 10.6 Å². The van der Waals surface area contributed by atoms with Crippen LogP contribution in [-0.4, -0.2) is 62.5 Å². The summed E-state index contributed by atoms with van der Waals surface area (Å²) >= 11 is 0. The molecule has 1 aliphatic heterocycles. The van der Waals surface area contributed by atoms with Crippen LogP contribution in [0, 0.1) is 0 Å². The number of amides is 1. The van der Waals surface area contributed by atoms with Crippen LogP contribution in [0.2, 0.25) is 0 Å².